The molecule has 0 aliphatic carbocycles. The number of hydrogen-bond acceptors (Lipinski definition) is 1. The topological polar surface area (TPSA) is 26.0 Å². The molecule has 76 valence electrons. The number of alkyl halides is 2. The number of hydrogen-bond donors (Lipinski definition) is 1. The average Bonchev–Trinajstić information content (AvgIpc) is 2.14. The summed E-state index contributed by atoms with van der Waals surface area (Å²) in [6.07, 6.45) is 0.662. The monoisotopic (exact) mass is 217 g/mol. The zero-order valence-corrected chi connectivity index (χ0v) is 8.14. The third-order valence-electron chi connectivity index (χ3n) is 1.72. The molecule has 0 bridgehead atoms. The van der Waals surface area contributed by atoms with Gasteiger partial charge < -0.3 is 5.73 Å². The van der Waals surface area contributed by atoms with Crippen LogP contribution >= 0.6 is 11.6 Å². The van der Waals surface area contributed by atoms with Crippen LogP contribution in [0.2, 0.25) is 5.02 Å². The minimum absolute atomic E-state index is 0.0286. The Morgan fingerprint density at radius 3 is 2.71 bits per heavy atom. The molecule has 14 heavy (non-hydrogen) atoms. The maximum atomic E-state index is 12.5. The molecule has 0 amide bonds. The molecule has 0 radical (unpaired) electrons. The lowest BCUT2D eigenvalue weighted by Gasteiger charge is -2.04. The molecule has 0 aliphatic rings. The van der Waals surface area contributed by atoms with Gasteiger partial charge in [-0.1, -0.05) is 29.8 Å². The molecule has 0 unspecified atom stereocenters. The zero-order chi connectivity index (χ0) is 10.6. The standard InChI is InChI=1S/C10H10ClF2N/c11-8-3-4-9(10(12)13)7(6-8)2-1-5-14/h1-4,6,10H,5,14H2/b2-1+. The Kier molecular flexibility index (Phi) is 4.04. The van der Waals surface area contributed by atoms with E-state index in [1.54, 1.807) is 12.2 Å². The molecular weight excluding hydrogens is 208 g/mol. The fourth-order valence-corrected chi connectivity index (χ4v) is 1.26. The maximum absolute atomic E-state index is 12.5. The summed E-state index contributed by atoms with van der Waals surface area (Å²) in [6, 6.07) is 4.27. The van der Waals surface area contributed by atoms with Gasteiger partial charge in [0.05, 0.1) is 0 Å². The summed E-state index contributed by atoms with van der Waals surface area (Å²) in [5, 5.41) is 0.436. The van der Waals surface area contributed by atoms with E-state index >= 15 is 0 Å². The summed E-state index contributed by atoms with van der Waals surface area (Å²) in [6.45, 7) is 0.315. The van der Waals surface area contributed by atoms with E-state index in [-0.39, 0.29) is 5.56 Å². The predicted octanol–water partition coefficient (Wildman–Crippen LogP) is 3.25. The van der Waals surface area contributed by atoms with Crippen molar-refractivity contribution in [3.8, 4) is 0 Å². The van der Waals surface area contributed by atoms with Gasteiger partial charge in [0, 0.05) is 17.1 Å². The minimum atomic E-state index is -2.50. The largest absolute Gasteiger partial charge is 0.327 e. The first-order valence-electron chi connectivity index (χ1n) is 4.09. The van der Waals surface area contributed by atoms with Crippen LogP contribution in [-0.2, 0) is 0 Å². The molecule has 0 fully saturated rings. The highest BCUT2D eigenvalue weighted by Crippen LogP contribution is 2.26. The Morgan fingerprint density at radius 1 is 1.43 bits per heavy atom. The SMILES string of the molecule is NC/C=C/c1cc(Cl)ccc1C(F)F. The first kappa shape index (κ1) is 11.1. The third kappa shape index (κ3) is 2.79. The van der Waals surface area contributed by atoms with Gasteiger partial charge in [-0.15, -0.1) is 0 Å². The molecule has 0 aromatic heterocycles. The van der Waals surface area contributed by atoms with Crippen LogP contribution in [0, 0.1) is 0 Å². The summed E-state index contributed by atoms with van der Waals surface area (Å²) in [5.41, 5.74) is 5.62. The summed E-state index contributed by atoms with van der Waals surface area (Å²) in [4.78, 5) is 0. The first-order chi connectivity index (χ1) is 6.65. The fourth-order valence-electron chi connectivity index (χ4n) is 1.08. The van der Waals surface area contributed by atoms with Crippen molar-refractivity contribution in [1.29, 1.82) is 0 Å². The Hall–Kier alpha value is -0.930. The van der Waals surface area contributed by atoms with E-state index < -0.39 is 6.43 Å². The average molecular weight is 218 g/mol. The van der Waals surface area contributed by atoms with E-state index in [1.165, 1.54) is 18.2 Å². The Balaban J connectivity index is 3.09. The Labute approximate surface area is 86.2 Å². The molecule has 0 heterocycles. The molecule has 1 aromatic carbocycles. The molecule has 0 saturated heterocycles. The van der Waals surface area contributed by atoms with Crippen molar-refractivity contribution in [2.45, 2.75) is 6.43 Å². The summed E-state index contributed by atoms with van der Waals surface area (Å²) in [5.74, 6) is 0. The third-order valence-corrected chi connectivity index (χ3v) is 1.95. The van der Waals surface area contributed by atoms with E-state index in [0.717, 1.165) is 0 Å². The van der Waals surface area contributed by atoms with Gasteiger partial charge >= 0.3 is 0 Å². The van der Waals surface area contributed by atoms with Crippen molar-refractivity contribution in [3.05, 3.63) is 40.4 Å². The maximum Gasteiger partial charge on any atom is 0.264 e. The lowest BCUT2D eigenvalue weighted by molar-refractivity contribution is 0.151. The molecule has 1 rings (SSSR count). The van der Waals surface area contributed by atoms with Crippen molar-refractivity contribution in [2.75, 3.05) is 6.54 Å². The van der Waals surface area contributed by atoms with Gasteiger partial charge in [0.25, 0.3) is 6.43 Å². The number of benzene rings is 1. The lowest BCUT2D eigenvalue weighted by Crippen LogP contribution is -1.94. The summed E-state index contributed by atoms with van der Waals surface area (Å²) in [7, 11) is 0. The first-order valence-corrected chi connectivity index (χ1v) is 4.47. The quantitative estimate of drug-likeness (QED) is 0.827. The highest BCUT2D eigenvalue weighted by Gasteiger charge is 2.10. The second-order valence-electron chi connectivity index (χ2n) is 2.71. The number of halogens is 3. The van der Waals surface area contributed by atoms with Crippen LogP contribution in [0.3, 0.4) is 0 Å². The number of rotatable bonds is 3. The van der Waals surface area contributed by atoms with Crippen LogP contribution in [0.4, 0.5) is 8.78 Å². The molecule has 1 aromatic rings. The normalized spacial score (nSPS) is 11.5. The van der Waals surface area contributed by atoms with Crippen molar-refractivity contribution < 1.29 is 8.78 Å². The van der Waals surface area contributed by atoms with Gasteiger partial charge in [0.1, 0.15) is 0 Å². The van der Waals surface area contributed by atoms with Crippen LogP contribution in [0.25, 0.3) is 6.08 Å². The fraction of sp³-hybridized carbons (Fsp3) is 0.200. The van der Waals surface area contributed by atoms with Crippen molar-refractivity contribution in [3.63, 3.8) is 0 Å². The molecule has 0 atom stereocenters. The van der Waals surface area contributed by atoms with Crippen molar-refractivity contribution in [1.82, 2.24) is 0 Å². The highest BCUT2D eigenvalue weighted by molar-refractivity contribution is 6.30. The molecule has 0 spiro atoms. The molecule has 2 N–H and O–H groups in total. The van der Waals surface area contributed by atoms with E-state index in [4.69, 9.17) is 17.3 Å². The van der Waals surface area contributed by atoms with Crippen LogP contribution in [0.15, 0.2) is 24.3 Å². The zero-order valence-electron chi connectivity index (χ0n) is 7.38. The van der Waals surface area contributed by atoms with Crippen LogP contribution < -0.4 is 5.73 Å². The van der Waals surface area contributed by atoms with Gasteiger partial charge in [0.15, 0.2) is 0 Å². The minimum Gasteiger partial charge on any atom is -0.327 e. The molecule has 0 aliphatic heterocycles. The Morgan fingerprint density at radius 2 is 2.14 bits per heavy atom. The predicted molar refractivity (Wildman–Crippen MR) is 54.5 cm³/mol. The lowest BCUT2D eigenvalue weighted by atomic mass is 10.1. The number of nitrogens with two attached hydrogens (primary N) is 1. The van der Waals surface area contributed by atoms with Crippen molar-refractivity contribution in [2.24, 2.45) is 5.73 Å². The second kappa shape index (κ2) is 5.08. The molecule has 0 saturated carbocycles. The summed E-state index contributed by atoms with van der Waals surface area (Å²) >= 11 is 5.69. The smallest absolute Gasteiger partial charge is 0.264 e. The van der Waals surface area contributed by atoms with Gasteiger partial charge in [-0.25, -0.2) is 8.78 Å². The summed E-state index contributed by atoms with van der Waals surface area (Å²) < 4.78 is 25.0. The van der Waals surface area contributed by atoms with Crippen molar-refractivity contribution >= 4 is 17.7 Å². The van der Waals surface area contributed by atoms with E-state index in [9.17, 15) is 8.78 Å². The second-order valence-corrected chi connectivity index (χ2v) is 3.15. The highest BCUT2D eigenvalue weighted by atomic mass is 35.5. The van der Waals surface area contributed by atoms with Crippen LogP contribution in [0.1, 0.15) is 17.6 Å². The van der Waals surface area contributed by atoms with Crippen LogP contribution in [0.5, 0.6) is 0 Å². The van der Waals surface area contributed by atoms with Gasteiger partial charge in [0.2, 0.25) is 0 Å². The molecular formula is C10H10ClF2N. The van der Waals surface area contributed by atoms with Gasteiger partial charge in [-0.05, 0) is 17.7 Å². The van der Waals surface area contributed by atoms with Crippen LogP contribution in [-0.4, -0.2) is 6.54 Å². The van der Waals surface area contributed by atoms with E-state index in [2.05, 4.69) is 0 Å². The van der Waals surface area contributed by atoms with E-state index in [1.807, 2.05) is 0 Å². The Bertz CT molecular complexity index is 337. The molecule has 1 nitrogen and oxygen atoms in total. The van der Waals surface area contributed by atoms with Gasteiger partial charge in [-0.2, -0.15) is 0 Å². The van der Waals surface area contributed by atoms with E-state index in [0.29, 0.717) is 17.1 Å². The van der Waals surface area contributed by atoms with Gasteiger partial charge in [-0.3, -0.25) is 0 Å². The molecule has 4 heteroatoms.